The minimum absolute atomic E-state index is 0.0102. The van der Waals surface area contributed by atoms with Crippen molar-refractivity contribution in [1.82, 2.24) is 24.6 Å². The summed E-state index contributed by atoms with van der Waals surface area (Å²) in [4.78, 5) is 21.7. The van der Waals surface area contributed by atoms with Crippen molar-refractivity contribution in [2.75, 3.05) is 18.4 Å². The van der Waals surface area contributed by atoms with Crippen LogP contribution in [-0.2, 0) is 13.2 Å². The Morgan fingerprint density at radius 1 is 1.25 bits per heavy atom. The van der Waals surface area contributed by atoms with E-state index in [2.05, 4.69) is 20.4 Å². The summed E-state index contributed by atoms with van der Waals surface area (Å²) in [5, 5.41) is 7.50. The normalized spacial score (nSPS) is 19.8. The topological polar surface area (TPSA) is 75.9 Å². The maximum Gasteiger partial charge on any atom is 0.434 e. The summed E-state index contributed by atoms with van der Waals surface area (Å²) < 4.78 is 68.8. The second-order valence-electron chi connectivity index (χ2n) is 8.78. The van der Waals surface area contributed by atoms with Crippen LogP contribution in [0.4, 0.5) is 27.8 Å². The SMILES string of the molecule is C[C@@H]1CC(F)(F)CN(C(=O)c2nn(C)cc2-c2cccc(Cl)c2)C1CNc1cnc(C(F)(F)F)cn1. The fraction of sp³-hybridized carbons (Fsp3) is 0.391. The summed E-state index contributed by atoms with van der Waals surface area (Å²) in [6.45, 7) is 0.740. The Morgan fingerprint density at radius 2 is 2.00 bits per heavy atom. The van der Waals surface area contributed by atoms with Gasteiger partial charge in [0.2, 0.25) is 0 Å². The number of carbonyl (C=O) groups excluding carboxylic acids is 1. The van der Waals surface area contributed by atoms with E-state index in [9.17, 15) is 26.7 Å². The molecule has 1 aromatic carbocycles. The Balaban J connectivity index is 1.61. The van der Waals surface area contributed by atoms with Crippen LogP contribution in [0, 0.1) is 5.92 Å². The van der Waals surface area contributed by atoms with Crippen molar-refractivity contribution in [3.63, 3.8) is 0 Å². The number of nitrogens with zero attached hydrogens (tertiary/aromatic N) is 5. The molecule has 1 saturated heterocycles. The number of benzene rings is 1. The fourth-order valence-corrected chi connectivity index (χ4v) is 4.49. The van der Waals surface area contributed by atoms with Gasteiger partial charge in [0.25, 0.3) is 11.8 Å². The smallest absolute Gasteiger partial charge is 0.367 e. The van der Waals surface area contributed by atoms with Crippen LogP contribution in [-0.4, -0.2) is 55.6 Å². The molecule has 0 bridgehead atoms. The van der Waals surface area contributed by atoms with Crippen molar-refractivity contribution < 1.29 is 26.7 Å². The third kappa shape index (κ3) is 5.58. The molecule has 0 saturated carbocycles. The van der Waals surface area contributed by atoms with Crippen molar-refractivity contribution in [1.29, 1.82) is 0 Å². The summed E-state index contributed by atoms with van der Waals surface area (Å²) in [7, 11) is 1.61. The van der Waals surface area contributed by atoms with Crippen molar-refractivity contribution in [2.24, 2.45) is 13.0 Å². The fourth-order valence-electron chi connectivity index (χ4n) is 4.30. The lowest BCUT2D eigenvalue weighted by molar-refractivity contribution is -0.141. The van der Waals surface area contributed by atoms with Gasteiger partial charge in [-0.25, -0.2) is 18.7 Å². The first-order valence-electron chi connectivity index (χ1n) is 11.0. The number of piperidine rings is 1. The molecule has 3 heterocycles. The molecule has 13 heteroatoms. The molecule has 1 fully saturated rings. The predicted octanol–water partition coefficient (Wildman–Crippen LogP) is 5.15. The van der Waals surface area contributed by atoms with Gasteiger partial charge < -0.3 is 10.2 Å². The third-order valence-electron chi connectivity index (χ3n) is 5.94. The van der Waals surface area contributed by atoms with Gasteiger partial charge in [0.05, 0.1) is 25.0 Å². The highest BCUT2D eigenvalue weighted by Gasteiger charge is 2.47. The molecule has 1 amide bonds. The Morgan fingerprint density at radius 3 is 2.64 bits per heavy atom. The van der Waals surface area contributed by atoms with E-state index in [-0.39, 0.29) is 18.1 Å². The largest absolute Gasteiger partial charge is 0.434 e. The van der Waals surface area contributed by atoms with Gasteiger partial charge in [0.1, 0.15) is 5.82 Å². The number of halogens is 6. The van der Waals surface area contributed by atoms with Crippen molar-refractivity contribution in [3.8, 4) is 11.1 Å². The van der Waals surface area contributed by atoms with Crippen LogP contribution in [0.1, 0.15) is 29.5 Å². The molecular weight excluding hydrogens is 507 g/mol. The number of carbonyl (C=O) groups is 1. The summed E-state index contributed by atoms with van der Waals surface area (Å²) >= 11 is 6.09. The molecule has 1 unspecified atom stereocenters. The van der Waals surface area contributed by atoms with Crippen LogP contribution >= 0.6 is 11.6 Å². The Bertz CT molecular complexity index is 1250. The molecule has 0 radical (unpaired) electrons. The molecule has 192 valence electrons. The number of aryl methyl sites for hydroxylation is 1. The van der Waals surface area contributed by atoms with Crippen LogP contribution in [0.15, 0.2) is 42.9 Å². The van der Waals surface area contributed by atoms with Crippen LogP contribution < -0.4 is 5.32 Å². The molecule has 4 rings (SSSR count). The second kappa shape index (κ2) is 9.64. The molecule has 1 aliphatic rings. The molecule has 0 spiro atoms. The number of aromatic nitrogens is 4. The molecule has 1 aliphatic heterocycles. The first kappa shape index (κ1) is 25.8. The zero-order chi connectivity index (χ0) is 26.3. The molecule has 2 aromatic heterocycles. The standard InChI is InChI=1S/C23H22ClF5N6O/c1-13-7-22(25,26)12-35(17(13)8-31-19-10-30-18(9-32-19)23(27,28)29)21(36)20-16(11-34(2)33-20)14-4-3-5-15(24)6-14/h3-6,9-11,13,17H,7-8,12H2,1-2H3,(H,31,32)/t13-,17?/m1/s1. The van der Waals surface area contributed by atoms with Gasteiger partial charge in [-0.3, -0.25) is 9.48 Å². The van der Waals surface area contributed by atoms with E-state index < -0.39 is 48.6 Å². The molecule has 3 aromatic rings. The molecule has 1 N–H and O–H groups in total. The van der Waals surface area contributed by atoms with Gasteiger partial charge in [0.15, 0.2) is 11.4 Å². The number of alkyl halides is 5. The van der Waals surface area contributed by atoms with E-state index in [1.807, 2.05) is 0 Å². The first-order chi connectivity index (χ1) is 16.8. The Kier molecular flexibility index (Phi) is 6.91. The third-order valence-corrected chi connectivity index (χ3v) is 6.18. The zero-order valence-electron chi connectivity index (χ0n) is 19.2. The molecular formula is C23H22ClF5N6O. The average Bonchev–Trinajstić information content (AvgIpc) is 3.18. The summed E-state index contributed by atoms with van der Waals surface area (Å²) in [6.07, 6.45) is -2.00. The number of rotatable bonds is 5. The average molecular weight is 529 g/mol. The Hall–Kier alpha value is -3.28. The zero-order valence-corrected chi connectivity index (χ0v) is 20.0. The number of likely N-dealkylation sites (tertiary alicyclic amines) is 1. The van der Waals surface area contributed by atoms with E-state index in [1.165, 1.54) is 4.68 Å². The molecule has 0 aliphatic carbocycles. The highest BCUT2D eigenvalue weighted by Crippen LogP contribution is 2.36. The summed E-state index contributed by atoms with van der Waals surface area (Å²) in [5.41, 5.74) is -0.124. The van der Waals surface area contributed by atoms with Gasteiger partial charge in [-0.15, -0.1) is 0 Å². The molecule has 2 atom stereocenters. The highest BCUT2D eigenvalue weighted by atomic mass is 35.5. The van der Waals surface area contributed by atoms with Gasteiger partial charge in [-0.2, -0.15) is 18.3 Å². The van der Waals surface area contributed by atoms with Crippen LogP contribution in [0.5, 0.6) is 0 Å². The summed E-state index contributed by atoms with van der Waals surface area (Å²) in [6, 6.07) is 6.03. The second-order valence-corrected chi connectivity index (χ2v) is 9.22. The minimum atomic E-state index is -4.64. The van der Waals surface area contributed by atoms with Crippen LogP contribution in [0.25, 0.3) is 11.1 Å². The Labute approximate surface area is 208 Å². The number of anilines is 1. The maximum atomic E-state index is 14.6. The van der Waals surface area contributed by atoms with E-state index in [1.54, 1.807) is 44.4 Å². The molecule has 7 nitrogen and oxygen atoms in total. The van der Waals surface area contributed by atoms with Crippen LogP contribution in [0.2, 0.25) is 5.02 Å². The van der Waals surface area contributed by atoms with Crippen molar-refractivity contribution >= 4 is 23.3 Å². The first-order valence-corrected chi connectivity index (χ1v) is 11.3. The highest BCUT2D eigenvalue weighted by molar-refractivity contribution is 6.30. The lowest BCUT2D eigenvalue weighted by Gasteiger charge is -2.43. The van der Waals surface area contributed by atoms with Crippen molar-refractivity contribution in [3.05, 3.63) is 59.3 Å². The lowest BCUT2D eigenvalue weighted by Crippen LogP contribution is -2.57. The number of hydrogen-bond donors (Lipinski definition) is 1. The quantitative estimate of drug-likeness (QED) is 0.464. The van der Waals surface area contributed by atoms with E-state index in [0.29, 0.717) is 22.3 Å². The monoisotopic (exact) mass is 528 g/mol. The number of nitrogens with one attached hydrogen (secondary N) is 1. The minimum Gasteiger partial charge on any atom is -0.367 e. The predicted molar refractivity (Wildman–Crippen MR) is 123 cm³/mol. The van der Waals surface area contributed by atoms with Crippen molar-refractivity contribution in [2.45, 2.75) is 31.5 Å². The lowest BCUT2D eigenvalue weighted by atomic mass is 9.88. The van der Waals surface area contributed by atoms with Crippen LogP contribution in [0.3, 0.4) is 0 Å². The van der Waals surface area contributed by atoms with Gasteiger partial charge in [-0.1, -0.05) is 30.7 Å². The maximum absolute atomic E-state index is 14.6. The summed E-state index contributed by atoms with van der Waals surface area (Å²) in [5.74, 6) is -4.42. The van der Waals surface area contributed by atoms with E-state index in [0.717, 1.165) is 11.1 Å². The number of amides is 1. The van der Waals surface area contributed by atoms with Gasteiger partial charge >= 0.3 is 6.18 Å². The van der Waals surface area contributed by atoms with Gasteiger partial charge in [-0.05, 0) is 23.6 Å². The number of hydrogen-bond acceptors (Lipinski definition) is 5. The van der Waals surface area contributed by atoms with E-state index >= 15 is 0 Å². The molecule has 36 heavy (non-hydrogen) atoms. The van der Waals surface area contributed by atoms with E-state index in [4.69, 9.17) is 11.6 Å². The van der Waals surface area contributed by atoms with Gasteiger partial charge in [0, 0.05) is 36.8 Å².